The highest BCUT2D eigenvalue weighted by atomic mass is 16.5. The van der Waals surface area contributed by atoms with Crippen molar-refractivity contribution in [2.75, 3.05) is 20.2 Å². The van der Waals surface area contributed by atoms with Gasteiger partial charge in [-0.2, -0.15) is 10.2 Å². The van der Waals surface area contributed by atoms with Gasteiger partial charge in [-0.3, -0.25) is 9.59 Å². The Labute approximate surface area is 196 Å². The first-order valence-corrected chi connectivity index (χ1v) is 11.2. The van der Waals surface area contributed by atoms with Crippen LogP contribution in [0.15, 0.2) is 55.1 Å². The summed E-state index contributed by atoms with van der Waals surface area (Å²) in [6, 6.07) is 9.24. The molecule has 1 atom stereocenters. The number of nitrogens with one attached hydrogen (secondary N) is 1. The molecule has 1 aromatic carbocycles. The van der Waals surface area contributed by atoms with Crippen LogP contribution in [0.25, 0.3) is 0 Å². The third-order valence-electron chi connectivity index (χ3n) is 6.44. The van der Waals surface area contributed by atoms with Gasteiger partial charge in [0.1, 0.15) is 17.2 Å². The van der Waals surface area contributed by atoms with Gasteiger partial charge < -0.3 is 24.3 Å². The van der Waals surface area contributed by atoms with Crippen LogP contribution in [0.3, 0.4) is 0 Å². The fourth-order valence-corrected chi connectivity index (χ4v) is 4.63. The number of hydrogen-bond donors (Lipinski definition) is 1. The molecule has 10 nitrogen and oxygen atoms in total. The lowest BCUT2D eigenvalue weighted by Crippen LogP contribution is -2.54. The number of methoxy groups -OCH3 is 1. The number of aromatic nitrogens is 4. The van der Waals surface area contributed by atoms with Crippen LogP contribution in [-0.4, -0.2) is 62.8 Å². The molecule has 2 aliphatic heterocycles. The molecular weight excluding hydrogens is 436 g/mol. The molecular formula is C24H26N6O4. The Balaban J connectivity index is 1.27. The SMILES string of the molecule is COc1cccc(CNC(=O)[C@@H]2Cn3ccnc3C3(CCN(C(=O)c4ccnnc4)CC3)O2)c1. The number of rotatable bonds is 5. The van der Waals surface area contributed by atoms with Gasteiger partial charge in [-0.25, -0.2) is 4.98 Å². The molecule has 2 aliphatic rings. The zero-order valence-corrected chi connectivity index (χ0v) is 18.9. The maximum atomic E-state index is 13.1. The van der Waals surface area contributed by atoms with Crippen molar-refractivity contribution in [2.45, 2.75) is 37.6 Å². The second-order valence-electron chi connectivity index (χ2n) is 8.50. The second-order valence-corrected chi connectivity index (χ2v) is 8.50. The van der Waals surface area contributed by atoms with Crippen LogP contribution in [0, 0.1) is 0 Å². The molecule has 0 saturated carbocycles. The highest BCUT2D eigenvalue weighted by molar-refractivity contribution is 5.93. The Bertz CT molecular complexity index is 1170. The quantitative estimate of drug-likeness (QED) is 0.612. The number of fused-ring (bicyclic) bond motifs is 2. The number of hydrogen-bond acceptors (Lipinski definition) is 7. The van der Waals surface area contributed by atoms with E-state index in [0.717, 1.165) is 17.1 Å². The lowest BCUT2D eigenvalue weighted by molar-refractivity contribution is -0.172. The van der Waals surface area contributed by atoms with Gasteiger partial charge in [-0.15, -0.1) is 0 Å². The van der Waals surface area contributed by atoms with Crippen LogP contribution in [0.2, 0.25) is 0 Å². The molecule has 0 aliphatic carbocycles. The number of nitrogens with zero attached hydrogens (tertiary/aromatic N) is 5. The maximum Gasteiger partial charge on any atom is 0.255 e. The number of ether oxygens (including phenoxy) is 2. The minimum Gasteiger partial charge on any atom is -0.497 e. The van der Waals surface area contributed by atoms with Gasteiger partial charge >= 0.3 is 0 Å². The molecule has 0 unspecified atom stereocenters. The van der Waals surface area contributed by atoms with E-state index in [4.69, 9.17) is 9.47 Å². The molecule has 1 saturated heterocycles. The fraction of sp³-hybridized carbons (Fsp3) is 0.375. The standard InChI is InChI=1S/C24H26N6O4/c1-33-19-4-2-3-17(13-19)14-26-21(31)20-16-30-12-9-25-23(30)24(34-20)6-10-29(11-7-24)22(32)18-5-8-27-28-15-18/h2-5,8-9,12-13,15,20H,6-7,10-11,14,16H2,1H3,(H,26,31)/t20-/m0/s1. The van der Waals surface area contributed by atoms with E-state index >= 15 is 0 Å². The van der Waals surface area contributed by atoms with Gasteiger partial charge in [0.25, 0.3) is 11.8 Å². The first kappa shape index (κ1) is 22.0. The third kappa shape index (κ3) is 4.24. The summed E-state index contributed by atoms with van der Waals surface area (Å²) < 4.78 is 13.7. The largest absolute Gasteiger partial charge is 0.497 e. The third-order valence-corrected chi connectivity index (χ3v) is 6.44. The van der Waals surface area contributed by atoms with Crippen molar-refractivity contribution in [3.05, 3.63) is 72.1 Å². The van der Waals surface area contributed by atoms with Crippen LogP contribution in [0.1, 0.15) is 34.6 Å². The molecule has 3 aromatic rings. The molecule has 34 heavy (non-hydrogen) atoms. The summed E-state index contributed by atoms with van der Waals surface area (Å²) in [6.07, 6.45) is 7.04. The predicted molar refractivity (Wildman–Crippen MR) is 121 cm³/mol. The smallest absolute Gasteiger partial charge is 0.255 e. The summed E-state index contributed by atoms with van der Waals surface area (Å²) in [5.74, 6) is 1.29. The molecule has 0 bridgehead atoms. The second kappa shape index (κ2) is 9.22. The van der Waals surface area contributed by atoms with Crippen molar-refractivity contribution >= 4 is 11.8 Å². The monoisotopic (exact) mass is 462 g/mol. The van der Waals surface area contributed by atoms with Crippen LogP contribution in [-0.2, 0) is 28.2 Å². The van der Waals surface area contributed by atoms with E-state index in [2.05, 4.69) is 20.5 Å². The summed E-state index contributed by atoms with van der Waals surface area (Å²) in [7, 11) is 1.61. The number of likely N-dealkylation sites (tertiary alicyclic amines) is 1. The molecule has 10 heteroatoms. The van der Waals surface area contributed by atoms with Crippen molar-refractivity contribution in [1.29, 1.82) is 0 Å². The summed E-state index contributed by atoms with van der Waals surface area (Å²) in [5.41, 5.74) is 0.735. The van der Waals surface area contributed by atoms with Crippen LogP contribution in [0.5, 0.6) is 5.75 Å². The van der Waals surface area contributed by atoms with Crippen LogP contribution < -0.4 is 10.1 Å². The molecule has 0 radical (unpaired) electrons. The summed E-state index contributed by atoms with van der Waals surface area (Å²) >= 11 is 0. The number of benzene rings is 1. The van der Waals surface area contributed by atoms with Crippen molar-refractivity contribution in [3.8, 4) is 5.75 Å². The first-order chi connectivity index (χ1) is 16.6. The molecule has 176 valence electrons. The topological polar surface area (TPSA) is 111 Å². The van der Waals surface area contributed by atoms with Crippen LogP contribution in [0.4, 0.5) is 0 Å². The number of carbonyl (C=O) groups excluding carboxylic acids is 2. The molecule has 2 aromatic heterocycles. The molecule has 5 rings (SSSR count). The van der Waals surface area contributed by atoms with E-state index in [1.165, 1.54) is 12.4 Å². The maximum absolute atomic E-state index is 13.1. The van der Waals surface area contributed by atoms with E-state index in [9.17, 15) is 9.59 Å². The van der Waals surface area contributed by atoms with E-state index in [0.29, 0.717) is 44.6 Å². The Morgan fingerprint density at radius 2 is 2.06 bits per heavy atom. The Kier molecular flexibility index (Phi) is 5.97. The van der Waals surface area contributed by atoms with Crippen LogP contribution >= 0.6 is 0 Å². The average molecular weight is 463 g/mol. The minimum atomic E-state index is -0.715. The van der Waals surface area contributed by atoms with E-state index < -0.39 is 11.7 Å². The molecule has 4 heterocycles. The normalized spacial score (nSPS) is 18.9. The highest BCUT2D eigenvalue weighted by Crippen LogP contribution is 2.40. The number of piperidine rings is 1. The molecule has 2 amide bonds. The zero-order valence-electron chi connectivity index (χ0n) is 18.9. The van der Waals surface area contributed by atoms with E-state index in [-0.39, 0.29) is 11.8 Å². The average Bonchev–Trinajstić information content (AvgIpc) is 3.38. The van der Waals surface area contributed by atoms with Crippen molar-refractivity contribution in [1.82, 2.24) is 30.0 Å². The molecule has 1 fully saturated rings. The van der Waals surface area contributed by atoms with Crippen molar-refractivity contribution < 1.29 is 19.1 Å². The lowest BCUT2D eigenvalue weighted by atomic mass is 9.88. The van der Waals surface area contributed by atoms with Crippen molar-refractivity contribution in [2.24, 2.45) is 0 Å². The van der Waals surface area contributed by atoms with Gasteiger partial charge in [0.05, 0.1) is 31.6 Å². The van der Waals surface area contributed by atoms with Gasteiger partial charge in [-0.05, 0) is 23.8 Å². The highest BCUT2D eigenvalue weighted by Gasteiger charge is 2.47. The van der Waals surface area contributed by atoms with Crippen molar-refractivity contribution in [3.63, 3.8) is 0 Å². The predicted octanol–water partition coefficient (Wildman–Crippen LogP) is 1.53. The van der Waals surface area contributed by atoms with Gasteiger partial charge in [0.2, 0.25) is 0 Å². The van der Waals surface area contributed by atoms with E-state index in [1.807, 2.05) is 35.0 Å². The van der Waals surface area contributed by atoms with Gasteiger partial charge in [0.15, 0.2) is 6.10 Å². The number of imidazole rings is 1. The lowest BCUT2D eigenvalue weighted by Gasteiger charge is -2.45. The summed E-state index contributed by atoms with van der Waals surface area (Å²) in [4.78, 5) is 32.2. The molecule has 1 spiro atoms. The zero-order chi connectivity index (χ0) is 23.5. The Morgan fingerprint density at radius 1 is 1.21 bits per heavy atom. The fourth-order valence-electron chi connectivity index (χ4n) is 4.63. The number of carbonyl (C=O) groups is 2. The van der Waals surface area contributed by atoms with Gasteiger partial charge in [-0.1, -0.05) is 12.1 Å². The molecule has 1 N–H and O–H groups in total. The first-order valence-electron chi connectivity index (χ1n) is 11.2. The Hall–Kier alpha value is -3.79. The van der Waals surface area contributed by atoms with Gasteiger partial charge in [0, 0.05) is 44.9 Å². The summed E-state index contributed by atoms with van der Waals surface area (Å²) in [6.45, 7) is 1.76. The number of amides is 2. The van der Waals surface area contributed by atoms with E-state index in [1.54, 1.807) is 24.3 Å². The summed E-state index contributed by atoms with van der Waals surface area (Å²) in [5, 5.41) is 10.5. The Morgan fingerprint density at radius 3 is 2.82 bits per heavy atom. The minimum absolute atomic E-state index is 0.0866.